The Morgan fingerprint density at radius 2 is 2.20 bits per heavy atom. The molecule has 0 aliphatic heterocycles. The fourth-order valence-corrected chi connectivity index (χ4v) is 2.74. The van der Waals surface area contributed by atoms with Crippen LogP contribution in [0.1, 0.15) is 18.2 Å². The number of guanidine groups is 1. The number of aromatic amines is 1. The summed E-state index contributed by atoms with van der Waals surface area (Å²) in [5, 5.41) is 11.8. The van der Waals surface area contributed by atoms with Crippen molar-refractivity contribution in [1.82, 2.24) is 25.4 Å². The molecule has 25 heavy (non-hydrogen) atoms. The Kier molecular flexibility index (Phi) is 5.33. The summed E-state index contributed by atoms with van der Waals surface area (Å²) in [5.74, 6) is 0.547. The Hall–Kier alpha value is -2.83. The first-order valence-electron chi connectivity index (χ1n) is 8.42. The van der Waals surface area contributed by atoms with E-state index in [0.29, 0.717) is 6.54 Å². The van der Waals surface area contributed by atoms with Crippen LogP contribution < -0.4 is 10.6 Å². The van der Waals surface area contributed by atoms with Crippen molar-refractivity contribution >= 4 is 16.9 Å². The van der Waals surface area contributed by atoms with Gasteiger partial charge in [-0.3, -0.25) is 4.68 Å². The van der Waals surface area contributed by atoms with E-state index in [1.165, 1.54) is 12.1 Å². The molecule has 0 amide bonds. The van der Waals surface area contributed by atoms with Crippen molar-refractivity contribution in [2.75, 3.05) is 13.1 Å². The summed E-state index contributed by atoms with van der Waals surface area (Å²) in [7, 11) is 1.91. The van der Waals surface area contributed by atoms with Crippen molar-refractivity contribution in [2.24, 2.45) is 12.0 Å². The van der Waals surface area contributed by atoms with E-state index in [0.717, 1.165) is 47.6 Å². The molecule has 0 spiro atoms. The van der Waals surface area contributed by atoms with Gasteiger partial charge >= 0.3 is 0 Å². The Balaban J connectivity index is 1.60. The summed E-state index contributed by atoms with van der Waals surface area (Å²) in [6.07, 6.45) is 4.53. The van der Waals surface area contributed by atoms with Crippen molar-refractivity contribution in [1.29, 1.82) is 0 Å². The van der Waals surface area contributed by atoms with E-state index in [1.54, 1.807) is 6.20 Å². The van der Waals surface area contributed by atoms with Crippen molar-refractivity contribution < 1.29 is 4.39 Å². The van der Waals surface area contributed by atoms with Crippen LogP contribution in [0.4, 0.5) is 4.39 Å². The average molecular weight is 342 g/mol. The lowest BCUT2D eigenvalue weighted by Gasteiger charge is -2.11. The molecule has 132 valence electrons. The van der Waals surface area contributed by atoms with Gasteiger partial charge in [0.15, 0.2) is 5.96 Å². The van der Waals surface area contributed by atoms with E-state index in [9.17, 15) is 4.39 Å². The van der Waals surface area contributed by atoms with Gasteiger partial charge in [-0.05, 0) is 43.2 Å². The van der Waals surface area contributed by atoms with E-state index in [1.807, 2.05) is 37.0 Å². The van der Waals surface area contributed by atoms with E-state index in [-0.39, 0.29) is 5.82 Å². The first-order chi connectivity index (χ1) is 12.2. The number of H-pyrrole nitrogens is 1. The molecule has 0 radical (unpaired) electrons. The quantitative estimate of drug-likeness (QED) is 0.476. The Labute approximate surface area is 146 Å². The summed E-state index contributed by atoms with van der Waals surface area (Å²) < 4.78 is 15.1. The molecule has 3 rings (SSSR count). The van der Waals surface area contributed by atoms with Crippen molar-refractivity contribution in [2.45, 2.75) is 19.9 Å². The SMILES string of the molecule is CCNC(=NCc1ccnn1C)NCCc1c[nH]c2cc(F)ccc12. The number of aryl methyl sites for hydroxylation is 1. The molecule has 1 aromatic carbocycles. The number of aliphatic imine (C=N–C) groups is 1. The fraction of sp³-hybridized carbons (Fsp3) is 0.333. The monoisotopic (exact) mass is 342 g/mol. The van der Waals surface area contributed by atoms with Crippen LogP contribution in [0.3, 0.4) is 0 Å². The number of halogens is 1. The number of nitrogens with zero attached hydrogens (tertiary/aromatic N) is 3. The van der Waals surface area contributed by atoms with Gasteiger partial charge in [0.2, 0.25) is 0 Å². The molecule has 0 atom stereocenters. The maximum absolute atomic E-state index is 13.3. The number of aromatic nitrogens is 3. The van der Waals surface area contributed by atoms with Gasteiger partial charge < -0.3 is 15.6 Å². The first kappa shape index (κ1) is 17.0. The first-order valence-corrected chi connectivity index (χ1v) is 8.42. The van der Waals surface area contributed by atoms with Crippen LogP contribution in [-0.4, -0.2) is 33.8 Å². The third kappa shape index (κ3) is 4.17. The van der Waals surface area contributed by atoms with Crippen LogP contribution >= 0.6 is 0 Å². The molecular formula is C18H23FN6. The highest BCUT2D eigenvalue weighted by molar-refractivity contribution is 5.83. The van der Waals surface area contributed by atoms with Gasteiger partial charge in [0.1, 0.15) is 5.82 Å². The second-order valence-electron chi connectivity index (χ2n) is 5.82. The van der Waals surface area contributed by atoms with Gasteiger partial charge in [0, 0.05) is 43.4 Å². The minimum Gasteiger partial charge on any atom is -0.361 e. The number of benzene rings is 1. The molecule has 0 fully saturated rings. The van der Waals surface area contributed by atoms with Gasteiger partial charge in [-0.15, -0.1) is 0 Å². The molecule has 0 aliphatic carbocycles. The highest BCUT2D eigenvalue weighted by atomic mass is 19.1. The fourth-order valence-electron chi connectivity index (χ4n) is 2.74. The predicted octanol–water partition coefficient (Wildman–Crippen LogP) is 2.34. The number of hydrogen-bond acceptors (Lipinski definition) is 2. The molecule has 0 saturated carbocycles. The highest BCUT2D eigenvalue weighted by Crippen LogP contribution is 2.19. The van der Waals surface area contributed by atoms with E-state index >= 15 is 0 Å². The molecule has 0 bridgehead atoms. The lowest BCUT2D eigenvalue weighted by Crippen LogP contribution is -2.38. The van der Waals surface area contributed by atoms with E-state index < -0.39 is 0 Å². The molecular weight excluding hydrogens is 319 g/mol. The zero-order chi connectivity index (χ0) is 17.6. The molecule has 3 aromatic rings. The third-order valence-electron chi connectivity index (χ3n) is 4.08. The minimum atomic E-state index is -0.226. The number of rotatable bonds is 6. The van der Waals surface area contributed by atoms with Gasteiger partial charge in [0.05, 0.1) is 12.2 Å². The predicted molar refractivity (Wildman–Crippen MR) is 98.0 cm³/mol. The summed E-state index contributed by atoms with van der Waals surface area (Å²) >= 11 is 0. The van der Waals surface area contributed by atoms with Gasteiger partial charge in [-0.25, -0.2) is 9.38 Å². The number of nitrogens with one attached hydrogen (secondary N) is 3. The van der Waals surface area contributed by atoms with E-state index in [4.69, 9.17) is 0 Å². The van der Waals surface area contributed by atoms with Crippen molar-refractivity contribution in [3.05, 3.63) is 53.7 Å². The molecule has 0 unspecified atom stereocenters. The van der Waals surface area contributed by atoms with E-state index in [2.05, 4.69) is 25.7 Å². The second-order valence-corrected chi connectivity index (χ2v) is 5.82. The van der Waals surface area contributed by atoms with Crippen molar-refractivity contribution in [3.63, 3.8) is 0 Å². The lowest BCUT2D eigenvalue weighted by atomic mass is 10.1. The molecule has 0 aliphatic rings. The zero-order valence-corrected chi connectivity index (χ0v) is 14.5. The van der Waals surface area contributed by atoms with Crippen LogP contribution in [0.15, 0.2) is 41.7 Å². The Morgan fingerprint density at radius 1 is 1.32 bits per heavy atom. The van der Waals surface area contributed by atoms with Crippen LogP contribution in [0.2, 0.25) is 0 Å². The normalized spacial score (nSPS) is 11.9. The van der Waals surface area contributed by atoms with Gasteiger partial charge in [-0.1, -0.05) is 0 Å². The Morgan fingerprint density at radius 3 is 2.96 bits per heavy atom. The molecule has 2 heterocycles. The number of fused-ring (bicyclic) bond motifs is 1. The summed E-state index contributed by atoms with van der Waals surface area (Å²) in [5.41, 5.74) is 3.03. The second kappa shape index (κ2) is 7.83. The third-order valence-corrected chi connectivity index (χ3v) is 4.08. The van der Waals surface area contributed by atoms with Gasteiger partial charge in [0.25, 0.3) is 0 Å². The van der Waals surface area contributed by atoms with Crippen LogP contribution in [0.5, 0.6) is 0 Å². The summed E-state index contributed by atoms with van der Waals surface area (Å²) in [6.45, 7) is 4.14. The smallest absolute Gasteiger partial charge is 0.191 e. The van der Waals surface area contributed by atoms with Crippen LogP contribution in [-0.2, 0) is 20.0 Å². The Bertz CT molecular complexity index is 863. The van der Waals surface area contributed by atoms with Gasteiger partial charge in [-0.2, -0.15) is 5.10 Å². The average Bonchev–Trinajstić information content (AvgIpc) is 3.18. The molecule has 7 heteroatoms. The van der Waals surface area contributed by atoms with Crippen LogP contribution in [0.25, 0.3) is 10.9 Å². The minimum absolute atomic E-state index is 0.226. The lowest BCUT2D eigenvalue weighted by molar-refractivity contribution is 0.629. The topological polar surface area (TPSA) is 70.0 Å². The molecule has 6 nitrogen and oxygen atoms in total. The number of hydrogen-bond donors (Lipinski definition) is 3. The summed E-state index contributed by atoms with van der Waals surface area (Å²) in [4.78, 5) is 7.70. The molecule has 3 N–H and O–H groups in total. The maximum atomic E-state index is 13.3. The standard InChI is InChI=1S/C18H23FN6/c1-3-20-18(23-12-15-7-9-24-25(15)2)21-8-6-13-11-22-17-10-14(19)4-5-16(13)17/h4-5,7,9-11,22H,3,6,8,12H2,1-2H3,(H2,20,21,23). The zero-order valence-electron chi connectivity index (χ0n) is 14.5. The van der Waals surface area contributed by atoms with Crippen molar-refractivity contribution in [3.8, 4) is 0 Å². The summed E-state index contributed by atoms with van der Waals surface area (Å²) in [6, 6.07) is 6.79. The largest absolute Gasteiger partial charge is 0.361 e. The molecule has 0 saturated heterocycles. The maximum Gasteiger partial charge on any atom is 0.191 e. The molecule has 2 aromatic heterocycles. The van der Waals surface area contributed by atoms with Crippen LogP contribution in [0, 0.1) is 5.82 Å². The highest BCUT2D eigenvalue weighted by Gasteiger charge is 2.05.